The van der Waals surface area contributed by atoms with E-state index in [1.165, 1.54) is 20.1 Å². The highest BCUT2D eigenvalue weighted by Crippen LogP contribution is 2.37. The van der Waals surface area contributed by atoms with Gasteiger partial charge in [0.25, 0.3) is 0 Å². The van der Waals surface area contributed by atoms with Crippen LogP contribution in [0.15, 0.2) is 12.1 Å². The van der Waals surface area contributed by atoms with Crippen LogP contribution in [0.1, 0.15) is 18.1 Å². The van der Waals surface area contributed by atoms with Crippen molar-refractivity contribution < 1.29 is 18.7 Å². The van der Waals surface area contributed by atoms with Crippen molar-refractivity contribution in [1.29, 1.82) is 15.8 Å². The average molecular weight is 301 g/mol. The first-order valence-electron chi connectivity index (χ1n) is 6.06. The minimum absolute atomic E-state index is 0.0146. The summed E-state index contributed by atoms with van der Waals surface area (Å²) in [5, 5.41) is 27.1. The third-order valence-electron chi connectivity index (χ3n) is 3.43. The van der Waals surface area contributed by atoms with Crippen LogP contribution in [0.2, 0.25) is 0 Å². The molecule has 0 bridgehead atoms. The number of esters is 1. The third kappa shape index (κ3) is 2.55. The number of methoxy groups -OCH3 is 2. The fourth-order valence-corrected chi connectivity index (χ4v) is 2.05. The minimum atomic E-state index is -1.72. The Morgan fingerprint density at radius 1 is 1.27 bits per heavy atom. The van der Waals surface area contributed by atoms with Crippen LogP contribution in [0.4, 0.5) is 4.39 Å². The molecule has 0 aliphatic rings. The molecular formula is C15H12FN3O3. The molecule has 0 aliphatic heterocycles. The minimum Gasteiger partial charge on any atom is -0.495 e. The maximum Gasteiger partial charge on any atom is 0.318 e. The Morgan fingerprint density at radius 2 is 1.86 bits per heavy atom. The summed E-state index contributed by atoms with van der Waals surface area (Å²) >= 11 is 0. The van der Waals surface area contributed by atoms with Crippen molar-refractivity contribution >= 4 is 5.97 Å². The summed E-state index contributed by atoms with van der Waals surface area (Å²) in [6.07, 6.45) is 0. The molecule has 0 aliphatic carbocycles. The van der Waals surface area contributed by atoms with Crippen molar-refractivity contribution in [2.75, 3.05) is 14.2 Å². The van der Waals surface area contributed by atoms with Gasteiger partial charge in [0, 0.05) is 0 Å². The SMILES string of the molecule is COC(=O)C(C)(c1cc(F)c(C#N)c(OC)c1)C(C#N)C#N. The number of nitrogens with zero attached hydrogens (tertiary/aromatic N) is 3. The number of halogens is 1. The molecule has 1 unspecified atom stereocenters. The van der Waals surface area contributed by atoms with Crippen molar-refractivity contribution in [3.05, 3.63) is 29.1 Å². The number of carbonyl (C=O) groups is 1. The normalized spacial score (nSPS) is 12.5. The molecule has 0 saturated carbocycles. The Labute approximate surface area is 126 Å². The van der Waals surface area contributed by atoms with Crippen molar-refractivity contribution in [3.63, 3.8) is 0 Å². The van der Waals surface area contributed by atoms with Crippen LogP contribution < -0.4 is 4.74 Å². The van der Waals surface area contributed by atoms with Gasteiger partial charge >= 0.3 is 5.97 Å². The van der Waals surface area contributed by atoms with Crippen LogP contribution in [0.25, 0.3) is 0 Å². The average Bonchev–Trinajstić information content (AvgIpc) is 2.53. The predicted octanol–water partition coefficient (Wildman–Crippen LogP) is 1.80. The summed E-state index contributed by atoms with van der Waals surface area (Å²) in [5.41, 5.74) is -2.04. The van der Waals surface area contributed by atoms with Gasteiger partial charge in [-0.1, -0.05) is 0 Å². The number of carbonyl (C=O) groups excluding carboxylic acids is 1. The standard InChI is InChI=1S/C15H12FN3O3/c1-15(14(20)22-3,10(6-17)7-18)9-4-12(16)11(8-19)13(5-9)21-2/h4-5,10H,1-3H3. The molecule has 6 nitrogen and oxygen atoms in total. The zero-order valence-electron chi connectivity index (χ0n) is 12.2. The number of nitriles is 3. The molecule has 0 spiro atoms. The van der Waals surface area contributed by atoms with Crippen LogP contribution in [-0.4, -0.2) is 20.2 Å². The molecule has 0 saturated heterocycles. The van der Waals surface area contributed by atoms with E-state index < -0.39 is 23.1 Å². The highest BCUT2D eigenvalue weighted by molar-refractivity contribution is 5.84. The molecule has 1 rings (SSSR count). The van der Waals surface area contributed by atoms with Gasteiger partial charge in [-0.05, 0) is 24.6 Å². The Bertz CT molecular complexity index is 713. The van der Waals surface area contributed by atoms with Gasteiger partial charge in [-0.3, -0.25) is 4.79 Å². The van der Waals surface area contributed by atoms with Crippen LogP contribution in [0.5, 0.6) is 5.75 Å². The van der Waals surface area contributed by atoms with Gasteiger partial charge < -0.3 is 9.47 Å². The summed E-state index contributed by atoms with van der Waals surface area (Å²) in [7, 11) is 2.34. The van der Waals surface area contributed by atoms with Crippen molar-refractivity contribution in [2.24, 2.45) is 5.92 Å². The maximum absolute atomic E-state index is 14.0. The molecule has 0 amide bonds. The van der Waals surface area contributed by atoms with E-state index in [1.54, 1.807) is 18.2 Å². The van der Waals surface area contributed by atoms with Crippen LogP contribution >= 0.6 is 0 Å². The lowest BCUT2D eigenvalue weighted by molar-refractivity contribution is -0.147. The number of ether oxygens (including phenoxy) is 2. The van der Waals surface area contributed by atoms with Crippen molar-refractivity contribution in [1.82, 2.24) is 0 Å². The second kappa shape index (κ2) is 6.56. The van der Waals surface area contributed by atoms with Gasteiger partial charge in [0.05, 0.1) is 26.4 Å². The van der Waals surface area contributed by atoms with E-state index in [0.717, 1.165) is 13.2 Å². The molecule has 0 radical (unpaired) electrons. The molecule has 0 aromatic heterocycles. The van der Waals surface area contributed by atoms with Gasteiger partial charge in [-0.2, -0.15) is 15.8 Å². The number of hydrogen-bond acceptors (Lipinski definition) is 6. The second-order valence-corrected chi connectivity index (χ2v) is 4.53. The molecule has 112 valence electrons. The topological polar surface area (TPSA) is 107 Å². The van der Waals surface area contributed by atoms with Gasteiger partial charge in [0.1, 0.15) is 28.6 Å². The second-order valence-electron chi connectivity index (χ2n) is 4.53. The van der Waals surface area contributed by atoms with Crippen molar-refractivity contribution in [2.45, 2.75) is 12.3 Å². The van der Waals surface area contributed by atoms with Crippen LogP contribution in [0.3, 0.4) is 0 Å². The molecule has 1 atom stereocenters. The molecule has 22 heavy (non-hydrogen) atoms. The van der Waals surface area contributed by atoms with Gasteiger partial charge in [0.15, 0.2) is 5.92 Å². The smallest absolute Gasteiger partial charge is 0.318 e. The van der Waals surface area contributed by atoms with Gasteiger partial charge in [-0.15, -0.1) is 0 Å². The van der Waals surface area contributed by atoms with E-state index in [1.807, 2.05) is 0 Å². The quantitative estimate of drug-likeness (QED) is 0.785. The highest BCUT2D eigenvalue weighted by Gasteiger charge is 2.46. The van der Waals surface area contributed by atoms with Crippen LogP contribution in [0, 0.1) is 45.7 Å². The Hall–Kier alpha value is -3.11. The zero-order valence-corrected chi connectivity index (χ0v) is 12.2. The van der Waals surface area contributed by atoms with E-state index >= 15 is 0 Å². The molecule has 0 N–H and O–H groups in total. The Kier molecular flexibility index (Phi) is 5.05. The third-order valence-corrected chi connectivity index (χ3v) is 3.43. The predicted molar refractivity (Wildman–Crippen MR) is 71.8 cm³/mol. The molecular weight excluding hydrogens is 289 g/mol. The largest absolute Gasteiger partial charge is 0.495 e. The first kappa shape index (κ1) is 16.9. The van der Waals surface area contributed by atoms with Crippen LogP contribution in [-0.2, 0) is 14.9 Å². The first-order valence-corrected chi connectivity index (χ1v) is 6.06. The van der Waals surface area contributed by atoms with Gasteiger partial charge in [0.2, 0.25) is 0 Å². The summed E-state index contributed by atoms with van der Waals surface area (Å²) in [5.74, 6) is -3.28. The fraction of sp³-hybridized carbons (Fsp3) is 0.333. The molecule has 1 aromatic rings. The fourth-order valence-electron chi connectivity index (χ4n) is 2.05. The van der Waals surface area contributed by atoms with E-state index in [0.29, 0.717) is 0 Å². The summed E-state index contributed by atoms with van der Waals surface area (Å²) in [6.45, 7) is 1.30. The summed E-state index contributed by atoms with van der Waals surface area (Å²) in [6, 6.07) is 7.23. The van der Waals surface area contributed by atoms with Gasteiger partial charge in [-0.25, -0.2) is 4.39 Å². The number of hydrogen-bond donors (Lipinski definition) is 0. The highest BCUT2D eigenvalue weighted by atomic mass is 19.1. The Morgan fingerprint density at radius 3 is 2.27 bits per heavy atom. The number of rotatable bonds is 4. The lowest BCUT2D eigenvalue weighted by Crippen LogP contribution is -2.40. The monoisotopic (exact) mass is 301 g/mol. The van der Waals surface area contributed by atoms with E-state index in [4.69, 9.17) is 20.5 Å². The molecule has 0 fully saturated rings. The molecule has 0 heterocycles. The molecule has 1 aromatic carbocycles. The van der Waals surface area contributed by atoms with E-state index in [2.05, 4.69) is 4.74 Å². The molecule has 7 heteroatoms. The lowest BCUT2D eigenvalue weighted by atomic mass is 9.72. The van der Waals surface area contributed by atoms with Crippen molar-refractivity contribution in [3.8, 4) is 24.0 Å². The van der Waals surface area contributed by atoms with E-state index in [9.17, 15) is 9.18 Å². The maximum atomic E-state index is 14.0. The number of benzene rings is 1. The first-order chi connectivity index (χ1) is 10.4. The lowest BCUT2D eigenvalue weighted by Gasteiger charge is -2.28. The summed E-state index contributed by atoms with van der Waals surface area (Å²) < 4.78 is 23.6. The summed E-state index contributed by atoms with van der Waals surface area (Å²) in [4.78, 5) is 12.1. The zero-order chi connectivity index (χ0) is 16.9. The van der Waals surface area contributed by atoms with E-state index in [-0.39, 0.29) is 16.9 Å². The Balaban J connectivity index is 3.70.